The molecule has 0 saturated heterocycles. The molecule has 0 saturated carbocycles. The molecule has 4 nitrogen and oxygen atoms in total. The lowest BCUT2D eigenvalue weighted by Gasteiger charge is -2.32. The van der Waals surface area contributed by atoms with Crippen molar-refractivity contribution >= 4 is 10.1 Å². The normalized spacial score (nSPS) is 13.4. The summed E-state index contributed by atoms with van der Waals surface area (Å²) in [5.74, 6) is -0.260. The van der Waals surface area contributed by atoms with E-state index in [1.165, 1.54) is 0 Å². The van der Waals surface area contributed by atoms with Crippen molar-refractivity contribution in [3.8, 4) is 0 Å². The van der Waals surface area contributed by atoms with E-state index < -0.39 is 10.1 Å². The minimum Gasteiger partial charge on any atom is -0.292 e. The molecule has 0 spiro atoms. The van der Waals surface area contributed by atoms with Crippen molar-refractivity contribution < 1.29 is 13.0 Å². The first-order valence-corrected chi connectivity index (χ1v) is 8.35. The molecule has 0 aliphatic carbocycles. The molecule has 0 bridgehead atoms. The fourth-order valence-corrected chi connectivity index (χ4v) is 2.80. The zero-order chi connectivity index (χ0) is 15.2. The van der Waals surface area contributed by atoms with Crippen molar-refractivity contribution in [2.24, 2.45) is 0 Å². The SMILES string of the molecule is C=C(C)C(c1ccccc1)N(CCC)CCS(=O)(=O)O. The van der Waals surface area contributed by atoms with E-state index in [0.717, 1.165) is 24.1 Å². The third-order valence-corrected chi connectivity index (χ3v) is 3.79. The van der Waals surface area contributed by atoms with E-state index >= 15 is 0 Å². The van der Waals surface area contributed by atoms with Gasteiger partial charge in [-0.2, -0.15) is 8.42 Å². The average Bonchev–Trinajstić information content (AvgIpc) is 2.36. The van der Waals surface area contributed by atoms with Gasteiger partial charge in [0.2, 0.25) is 0 Å². The molecule has 0 fully saturated rings. The zero-order valence-corrected chi connectivity index (χ0v) is 12.9. The number of hydrogen-bond acceptors (Lipinski definition) is 3. The van der Waals surface area contributed by atoms with Gasteiger partial charge in [0.05, 0.1) is 11.8 Å². The number of hydrogen-bond donors (Lipinski definition) is 1. The van der Waals surface area contributed by atoms with Crippen LogP contribution in [-0.4, -0.2) is 36.7 Å². The average molecular weight is 297 g/mol. The Morgan fingerprint density at radius 3 is 2.35 bits per heavy atom. The molecule has 1 aromatic carbocycles. The first kappa shape index (κ1) is 16.9. The summed E-state index contributed by atoms with van der Waals surface area (Å²) in [7, 11) is -3.95. The summed E-state index contributed by atoms with van der Waals surface area (Å²) in [5, 5.41) is 0. The summed E-state index contributed by atoms with van der Waals surface area (Å²) in [6, 6.07) is 9.85. The second-order valence-electron chi connectivity index (χ2n) is 4.98. The predicted molar refractivity (Wildman–Crippen MR) is 82.3 cm³/mol. The van der Waals surface area contributed by atoms with E-state index in [4.69, 9.17) is 4.55 Å². The molecule has 0 heterocycles. The first-order valence-electron chi connectivity index (χ1n) is 6.74. The van der Waals surface area contributed by atoms with Gasteiger partial charge in [0.25, 0.3) is 10.1 Å². The number of nitrogens with zero attached hydrogens (tertiary/aromatic N) is 1. The zero-order valence-electron chi connectivity index (χ0n) is 12.1. The van der Waals surface area contributed by atoms with Gasteiger partial charge in [-0.25, -0.2) is 0 Å². The van der Waals surface area contributed by atoms with Crippen molar-refractivity contribution in [1.82, 2.24) is 4.90 Å². The monoisotopic (exact) mass is 297 g/mol. The van der Waals surface area contributed by atoms with Crippen molar-refractivity contribution in [3.63, 3.8) is 0 Å². The molecule has 1 rings (SSSR count). The van der Waals surface area contributed by atoms with Crippen LogP contribution in [0.4, 0.5) is 0 Å². The standard InChI is InChI=1S/C15H23NO3S/c1-4-10-16(11-12-20(17,18)19)15(13(2)3)14-8-6-5-7-9-14/h5-9,15H,2,4,10-12H2,1,3H3,(H,17,18,19). The van der Waals surface area contributed by atoms with Crippen LogP contribution in [-0.2, 0) is 10.1 Å². The van der Waals surface area contributed by atoms with Crippen LogP contribution in [0.25, 0.3) is 0 Å². The highest BCUT2D eigenvalue weighted by atomic mass is 32.2. The van der Waals surface area contributed by atoms with Gasteiger partial charge in [-0.05, 0) is 25.5 Å². The van der Waals surface area contributed by atoms with E-state index in [2.05, 4.69) is 6.58 Å². The second kappa shape index (κ2) is 7.57. The maximum atomic E-state index is 11.0. The minimum atomic E-state index is -3.95. The maximum absolute atomic E-state index is 11.0. The lowest BCUT2D eigenvalue weighted by atomic mass is 9.99. The van der Waals surface area contributed by atoms with Crippen molar-refractivity contribution in [1.29, 1.82) is 0 Å². The summed E-state index contributed by atoms with van der Waals surface area (Å²) in [6.45, 7) is 9.05. The molecule has 0 aliphatic heterocycles. The van der Waals surface area contributed by atoms with E-state index in [9.17, 15) is 8.42 Å². The molecule has 5 heteroatoms. The number of rotatable bonds is 8. The molecule has 1 unspecified atom stereocenters. The van der Waals surface area contributed by atoms with Crippen LogP contribution < -0.4 is 0 Å². The smallest absolute Gasteiger partial charge is 0.266 e. The van der Waals surface area contributed by atoms with Crippen LogP contribution in [0, 0.1) is 0 Å². The maximum Gasteiger partial charge on any atom is 0.266 e. The van der Waals surface area contributed by atoms with Crippen LogP contribution in [0.15, 0.2) is 42.5 Å². The predicted octanol–water partition coefficient (Wildman–Crippen LogP) is 2.90. The van der Waals surface area contributed by atoms with Gasteiger partial charge in [-0.15, -0.1) is 0 Å². The summed E-state index contributed by atoms with van der Waals surface area (Å²) in [5.41, 5.74) is 2.05. The Balaban J connectivity index is 2.97. The largest absolute Gasteiger partial charge is 0.292 e. The van der Waals surface area contributed by atoms with E-state index in [-0.39, 0.29) is 11.8 Å². The minimum absolute atomic E-state index is 0.0297. The third-order valence-electron chi connectivity index (χ3n) is 3.09. The lowest BCUT2D eigenvalue weighted by molar-refractivity contribution is 0.234. The van der Waals surface area contributed by atoms with Gasteiger partial charge in [0.1, 0.15) is 0 Å². The Kier molecular flexibility index (Phi) is 6.39. The first-order chi connectivity index (χ1) is 9.35. The van der Waals surface area contributed by atoms with Crippen molar-refractivity contribution in [3.05, 3.63) is 48.0 Å². The highest BCUT2D eigenvalue weighted by Crippen LogP contribution is 2.27. The Hall–Kier alpha value is -1.17. The molecule has 112 valence electrons. The Morgan fingerprint density at radius 1 is 1.30 bits per heavy atom. The van der Waals surface area contributed by atoms with Gasteiger partial charge in [-0.1, -0.05) is 49.4 Å². The van der Waals surface area contributed by atoms with Crippen LogP contribution >= 0.6 is 0 Å². The van der Waals surface area contributed by atoms with E-state index in [0.29, 0.717) is 6.54 Å². The van der Waals surface area contributed by atoms with Gasteiger partial charge >= 0.3 is 0 Å². The van der Waals surface area contributed by atoms with Gasteiger partial charge in [0.15, 0.2) is 0 Å². The molecule has 0 amide bonds. The van der Waals surface area contributed by atoms with E-state index in [1.54, 1.807) is 0 Å². The summed E-state index contributed by atoms with van der Waals surface area (Å²) in [6.07, 6.45) is 0.905. The molecular weight excluding hydrogens is 274 g/mol. The van der Waals surface area contributed by atoms with E-state index in [1.807, 2.05) is 49.1 Å². The Morgan fingerprint density at radius 2 is 1.90 bits per heavy atom. The van der Waals surface area contributed by atoms with Gasteiger partial charge in [0, 0.05) is 6.54 Å². The molecule has 1 N–H and O–H groups in total. The van der Waals surface area contributed by atoms with Gasteiger partial charge in [-0.3, -0.25) is 9.45 Å². The van der Waals surface area contributed by atoms with Crippen LogP contribution in [0.1, 0.15) is 31.9 Å². The van der Waals surface area contributed by atoms with Crippen LogP contribution in [0.3, 0.4) is 0 Å². The molecule has 1 aromatic rings. The Bertz CT molecular complexity index is 525. The lowest BCUT2D eigenvalue weighted by Crippen LogP contribution is -2.34. The topological polar surface area (TPSA) is 57.6 Å². The summed E-state index contributed by atoms with van der Waals surface area (Å²) >= 11 is 0. The number of benzene rings is 1. The second-order valence-corrected chi connectivity index (χ2v) is 6.55. The molecule has 0 radical (unpaired) electrons. The van der Waals surface area contributed by atoms with Crippen LogP contribution in [0.2, 0.25) is 0 Å². The highest BCUT2D eigenvalue weighted by Gasteiger charge is 2.21. The molecule has 20 heavy (non-hydrogen) atoms. The van der Waals surface area contributed by atoms with Crippen LogP contribution in [0.5, 0.6) is 0 Å². The van der Waals surface area contributed by atoms with Gasteiger partial charge < -0.3 is 0 Å². The quantitative estimate of drug-likeness (QED) is 0.592. The summed E-state index contributed by atoms with van der Waals surface area (Å²) < 4.78 is 30.9. The molecular formula is C15H23NO3S. The fraction of sp³-hybridized carbons (Fsp3) is 0.467. The van der Waals surface area contributed by atoms with Crippen molar-refractivity contribution in [2.45, 2.75) is 26.3 Å². The fourth-order valence-electron chi connectivity index (χ4n) is 2.33. The van der Waals surface area contributed by atoms with Crippen molar-refractivity contribution in [2.75, 3.05) is 18.8 Å². The third kappa shape index (κ3) is 5.45. The summed E-state index contributed by atoms with van der Waals surface area (Å²) in [4.78, 5) is 2.05. The highest BCUT2D eigenvalue weighted by molar-refractivity contribution is 7.85. The molecule has 0 aromatic heterocycles. The molecule has 1 atom stereocenters. The Labute approximate surface area is 121 Å². The molecule has 0 aliphatic rings.